The van der Waals surface area contributed by atoms with Crippen molar-refractivity contribution in [3.05, 3.63) is 34.6 Å². The van der Waals surface area contributed by atoms with Crippen LogP contribution >= 0.6 is 24.0 Å². The minimum absolute atomic E-state index is 0. The van der Waals surface area contributed by atoms with Crippen molar-refractivity contribution in [2.75, 3.05) is 13.2 Å². The van der Waals surface area contributed by atoms with Crippen molar-refractivity contribution in [2.24, 2.45) is 5.73 Å². The SMILES string of the molecule is Cl.NC1(c2ccc(Cl)cc2F)CCOC1. The zero-order valence-corrected chi connectivity index (χ0v) is 9.58. The molecule has 1 aliphatic rings. The topological polar surface area (TPSA) is 35.2 Å². The number of benzene rings is 1. The Balaban J connectivity index is 0.00000112. The van der Waals surface area contributed by atoms with Crippen molar-refractivity contribution < 1.29 is 9.13 Å². The van der Waals surface area contributed by atoms with Crippen LogP contribution in [0.4, 0.5) is 4.39 Å². The number of rotatable bonds is 1. The van der Waals surface area contributed by atoms with Gasteiger partial charge in [0, 0.05) is 17.2 Å². The normalized spacial score (nSPS) is 25.0. The molecule has 0 radical (unpaired) electrons. The fraction of sp³-hybridized carbons (Fsp3) is 0.400. The van der Waals surface area contributed by atoms with Crippen LogP contribution in [0.3, 0.4) is 0 Å². The highest BCUT2D eigenvalue weighted by atomic mass is 35.5. The van der Waals surface area contributed by atoms with Crippen molar-refractivity contribution in [1.82, 2.24) is 0 Å². The molecule has 0 amide bonds. The van der Waals surface area contributed by atoms with Gasteiger partial charge in [0.1, 0.15) is 5.82 Å². The highest BCUT2D eigenvalue weighted by Crippen LogP contribution is 2.30. The summed E-state index contributed by atoms with van der Waals surface area (Å²) >= 11 is 5.66. The first-order chi connectivity index (χ1) is 6.62. The zero-order chi connectivity index (χ0) is 10.2. The second kappa shape index (κ2) is 4.66. The van der Waals surface area contributed by atoms with Gasteiger partial charge >= 0.3 is 0 Å². The van der Waals surface area contributed by atoms with Crippen LogP contribution in [0.15, 0.2) is 18.2 Å². The van der Waals surface area contributed by atoms with Gasteiger partial charge in [-0.2, -0.15) is 0 Å². The van der Waals surface area contributed by atoms with Crippen molar-refractivity contribution in [2.45, 2.75) is 12.0 Å². The molecule has 1 fully saturated rings. The zero-order valence-electron chi connectivity index (χ0n) is 8.00. The first-order valence-electron chi connectivity index (χ1n) is 4.44. The van der Waals surface area contributed by atoms with Crippen molar-refractivity contribution >= 4 is 24.0 Å². The van der Waals surface area contributed by atoms with E-state index in [2.05, 4.69) is 0 Å². The molecule has 0 spiro atoms. The molecule has 1 aromatic rings. The Morgan fingerprint density at radius 3 is 2.73 bits per heavy atom. The Kier molecular flexibility index (Phi) is 3.95. The lowest BCUT2D eigenvalue weighted by Crippen LogP contribution is -2.37. The fourth-order valence-corrected chi connectivity index (χ4v) is 1.85. The smallest absolute Gasteiger partial charge is 0.129 e. The average molecular weight is 252 g/mol. The molecule has 1 unspecified atom stereocenters. The van der Waals surface area contributed by atoms with Crippen LogP contribution in [-0.4, -0.2) is 13.2 Å². The van der Waals surface area contributed by atoms with Gasteiger partial charge in [-0.3, -0.25) is 0 Å². The van der Waals surface area contributed by atoms with Crippen LogP contribution < -0.4 is 5.73 Å². The maximum Gasteiger partial charge on any atom is 0.129 e. The lowest BCUT2D eigenvalue weighted by atomic mass is 9.90. The van der Waals surface area contributed by atoms with E-state index in [1.807, 2.05) is 0 Å². The lowest BCUT2D eigenvalue weighted by Gasteiger charge is -2.22. The molecule has 1 aliphatic heterocycles. The Labute approximate surface area is 99.0 Å². The predicted molar refractivity (Wildman–Crippen MR) is 60.0 cm³/mol. The molecule has 2 nitrogen and oxygen atoms in total. The number of ether oxygens (including phenoxy) is 1. The van der Waals surface area contributed by atoms with E-state index >= 15 is 0 Å². The first-order valence-corrected chi connectivity index (χ1v) is 4.82. The van der Waals surface area contributed by atoms with Gasteiger partial charge in [-0.1, -0.05) is 17.7 Å². The summed E-state index contributed by atoms with van der Waals surface area (Å²) in [5.74, 6) is -0.356. The first kappa shape index (κ1) is 12.7. The monoisotopic (exact) mass is 251 g/mol. The number of hydrogen-bond donors (Lipinski definition) is 1. The van der Waals surface area contributed by atoms with Gasteiger partial charge in [0.2, 0.25) is 0 Å². The van der Waals surface area contributed by atoms with Crippen LogP contribution in [0.5, 0.6) is 0 Å². The van der Waals surface area contributed by atoms with E-state index in [4.69, 9.17) is 22.1 Å². The van der Waals surface area contributed by atoms with Crippen molar-refractivity contribution in [3.63, 3.8) is 0 Å². The summed E-state index contributed by atoms with van der Waals surface area (Å²) in [6.07, 6.45) is 0.644. The summed E-state index contributed by atoms with van der Waals surface area (Å²) in [4.78, 5) is 0. The molecule has 15 heavy (non-hydrogen) atoms. The van der Waals surface area contributed by atoms with E-state index in [-0.39, 0.29) is 18.2 Å². The quantitative estimate of drug-likeness (QED) is 0.833. The summed E-state index contributed by atoms with van der Waals surface area (Å²) in [6, 6.07) is 4.56. The number of halogens is 3. The van der Waals surface area contributed by atoms with Gasteiger partial charge < -0.3 is 10.5 Å². The van der Waals surface area contributed by atoms with Crippen LogP contribution in [0, 0.1) is 5.82 Å². The molecule has 2 rings (SSSR count). The van der Waals surface area contributed by atoms with Gasteiger partial charge in [-0.15, -0.1) is 12.4 Å². The van der Waals surface area contributed by atoms with Gasteiger partial charge in [0.15, 0.2) is 0 Å². The highest BCUT2D eigenvalue weighted by molar-refractivity contribution is 6.30. The third kappa shape index (κ3) is 2.42. The predicted octanol–water partition coefficient (Wildman–Crippen LogP) is 2.48. The molecule has 1 atom stereocenters. The fourth-order valence-electron chi connectivity index (χ4n) is 1.69. The maximum atomic E-state index is 13.5. The van der Waals surface area contributed by atoms with Crippen LogP contribution in [0.25, 0.3) is 0 Å². The summed E-state index contributed by atoms with van der Waals surface area (Å²) in [6.45, 7) is 0.949. The van der Waals surface area contributed by atoms with E-state index in [0.29, 0.717) is 30.2 Å². The molecule has 2 N–H and O–H groups in total. The number of hydrogen-bond acceptors (Lipinski definition) is 2. The van der Waals surface area contributed by atoms with Crippen LogP contribution in [0.1, 0.15) is 12.0 Å². The maximum absolute atomic E-state index is 13.5. The van der Waals surface area contributed by atoms with E-state index in [1.165, 1.54) is 6.07 Å². The second-order valence-electron chi connectivity index (χ2n) is 3.58. The molecule has 1 saturated heterocycles. The molecular formula is C10H12Cl2FNO. The Bertz CT molecular complexity index is 353. The van der Waals surface area contributed by atoms with Crippen LogP contribution in [0.2, 0.25) is 5.02 Å². The average Bonchev–Trinajstić information content (AvgIpc) is 2.52. The molecule has 1 heterocycles. The molecular weight excluding hydrogens is 240 g/mol. The van der Waals surface area contributed by atoms with Gasteiger partial charge in [-0.05, 0) is 18.6 Å². The standard InChI is InChI=1S/C10H11ClFNO.ClH/c11-7-1-2-8(9(12)5-7)10(13)3-4-14-6-10;/h1-2,5H,3-4,6,13H2;1H. The molecule has 0 aromatic heterocycles. The summed E-state index contributed by atoms with van der Waals surface area (Å²) < 4.78 is 18.7. The molecule has 84 valence electrons. The summed E-state index contributed by atoms with van der Waals surface area (Å²) in [5, 5.41) is 0.383. The van der Waals surface area contributed by atoms with E-state index in [0.717, 1.165) is 0 Å². The minimum atomic E-state index is -0.686. The molecule has 1 aromatic carbocycles. The minimum Gasteiger partial charge on any atom is -0.379 e. The Hall–Kier alpha value is -0.350. The van der Waals surface area contributed by atoms with Crippen molar-refractivity contribution in [3.8, 4) is 0 Å². The largest absolute Gasteiger partial charge is 0.379 e. The second-order valence-corrected chi connectivity index (χ2v) is 4.02. The lowest BCUT2D eigenvalue weighted by molar-refractivity contribution is 0.177. The van der Waals surface area contributed by atoms with Gasteiger partial charge in [0.25, 0.3) is 0 Å². The third-order valence-corrected chi connectivity index (χ3v) is 2.75. The number of nitrogens with two attached hydrogens (primary N) is 1. The van der Waals surface area contributed by atoms with E-state index in [9.17, 15) is 4.39 Å². The molecule has 0 aliphatic carbocycles. The summed E-state index contributed by atoms with van der Waals surface area (Å²) in [5.41, 5.74) is 5.82. The van der Waals surface area contributed by atoms with Gasteiger partial charge in [-0.25, -0.2) is 4.39 Å². The highest BCUT2D eigenvalue weighted by Gasteiger charge is 2.34. The van der Waals surface area contributed by atoms with E-state index < -0.39 is 5.54 Å². The Morgan fingerprint density at radius 2 is 2.20 bits per heavy atom. The molecule has 0 saturated carbocycles. The molecule has 5 heteroatoms. The Morgan fingerprint density at radius 1 is 1.47 bits per heavy atom. The van der Waals surface area contributed by atoms with E-state index in [1.54, 1.807) is 12.1 Å². The molecule has 0 bridgehead atoms. The van der Waals surface area contributed by atoms with Crippen molar-refractivity contribution in [1.29, 1.82) is 0 Å². The summed E-state index contributed by atoms with van der Waals surface area (Å²) in [7, 11) is 0. The van der Waals surface area contributed by atoms with Gasteiger partial charge in [0.05, 0.1) is 12.1 Å². The van der Waals surface area contributed by atoms with Crippen LogP contribution in [-0.2, 0) is 10.3 Å². The third-order valence-electron chi connectivity index (χ3n) is 2.52.